The van der Waals surface area contributed by atoms with Crippen LogP contribution < -0.4 is 5.32 Å². The smallest absolute Gasteiger partial charge is 0.251 e. The van der Waals surface area contributed by atoms with Gasteiger partial charge in [-0.15, -0.1) is 0 Å². The van der Waals surface area contributed by atoms with Gasteiger partial charge < -0.3 is 5.32 Å². The summed E-state index contributed by atoms with van der Waals surface area (Å²) in [7, 11) is 0. The maximum atomic E-state index is 13.0. The van der Waals surface area contributed by atoms with Crippen LogP contribution in [-0.4, -0.2) is 48.5 Å². The molecule has 1 aromatic carbocycles. The molecule has 0 aromatic heterocycles. The van der Waals surface area contributed by atoms with Crippen molar-refractivity contribution in [2.45, 2.75) is 6.92 Å². The number of rotatable bonds is 4. The predicted octanol–water partition coefficient (Wildman–Crippen LogP) is 1.91. The Hall–Kier alpha value is -1.07. The van der Waals surface area contributed by atoms with Crippen molar-refractivity contribution in [1.82, 2.24) is 10.2 Å². The highest BCUT2D eigenvalue weighted by atomic mass is 32.2. The second-order valence-electron chi connectivity index (χ2n) is 4.67. The van der Waals surface area contributed by atoms with E-state index in [0.29, 0.717) is 17.7 Å². The van der Waals surface area contributed by atoms with Crippen molar-refractivity contribution < 1.29 is 9.18 Å². The van der Waals surface area contributed by atoms with E-state index >= 15 is 0 Å². The van der Waals surface area contributed by atoms with Gasteiger partial charge >= 0.3 is 0 Å². The Kier molecular flexibility index (Phi) is 5.22. The molecule has 0 aliphatic carbocycles. The molecule has 0 atom stereocenters. The highest BCUT2D eigenvalue weighted by molar-refractivity contribution is 7.99. The summed E-state index contributed by atoms with van der Waals surface area (Å²) in [6, 6.07) is 4.25. The number of nitrogens with zero attached hydrogens (tertiary/aromatic N) is 1. The van der Waals surface area contributed by atoms with Crippen molar-refractivity contribution >= 4 is 17.7 Å². The van der Waals surface area contributed by atoms with E-state index in [1.54, 1.807) is 6.92 Å². The van der Waals surface area contributed by atoms with Crippen LogP contribution in [0, 0.1) is 12.7 Å². The minimum absolute atomic E-state index is 0.121. The Morgan fingerprint density at radius 3 is 2.84 bits per heavy atom. The average molecular weight is 282 g/mol. The summed E-state index contributed by atoms with van der Waals surface area (Å²) in [5.41, 5.74) is 1.22. The molecule has 3 nitrogen and oxygen atoms in total. The van der Waals surface area contributed by atoms with Gasteiger partial charge in [0, 0.05) is 43.2 Å². The molecule has 5 heteroatoms. The molecule has 0 spiro atoms. The molecular weight excluding hydrogens is 263 g/mol. The minimum atomic E-state index is -0.306. The number of halogens is 1. The molecule has 1 saturated heterocycles. The number of hydrogen-bond donors (Lipinski definition) is 1. The highest BCUT2D eigenvalue weighted by Crippen LogP contribution is 2.10. The minimum Gasteiger partial charge on any atom is -0.351 e. The molecule has 19 heavy (non-hydrogen) atoms. The Bertz CT molecular complexity index is 447. The van der Waals surface area contributed by atoms with E-state index in [-0.39, 0.29) is 11.7 Å². The van der Waals surface area contributed by atoms with Crippen molar-refractivity contribution in [1.29, 1.82) is 0 Å². The lowest BCUT2D eigenvalue weighted by Gasteiger charge is -2.26. The molecule has 1 fully saturated rings. The maximum absolute atomic E-state index is 13.0. The maximum Gasteiger partial charge on any atom is 0.251 e. The van der Waals surface area contributed by atoms with Crippen molar-refractivity contribution in [2.24, 2.45) is 0 Å². The van der Waals surface area contributed by atoms with Gasteiger partial charge in [-0.2, -0.15) is 11.8 Å². The number of hydrogen-bond acceptors (Lipinski definition) is 3. The zero-order chi connectivity index (χ0) is 13.7. The molecule has 0 unspecified atom stereocenters. The van der Waals surface area contributed by atoms with Gasteiger partial charge in [-0.25, -0.2) is 4.39 Å². The van der Waals surface area contributed by atoms with Crippen LogP contribution in [0.25, 0.3) is 0 Å². The normalized spacial score (nSPS) is 16.3. The number of benzene rings is 1. The fraction of sp³-hybridized carbons (Fsp3) is 0.500. The van der Waals surface area contributed by atoms with Gasteiger partial charge in [0.15, 0.2) is 0 Å². The zero-order valence-electron chi connectivity index (χ0n) is 11.1. The summed E-state index contributed by atoms with van der Waals surface area (Å²) in [6.45, 7) is 5.46. The Morgan fingerprint density at radius 2 is 2.16 bits per heavy atom. The first-order chi connectivity index (χ1) is 9.16. The summed E-state index contributed by atoms with van der Waals surface area (Å²) in [5, 5.41) is 2.90. The zero-order valence-corrected chi connectivity index (χ0v) is 11.9. The highest BCUT2D eigenvalue weighted by Gasteiger charge is 2.12. The van der Waals surface area contributed by atoms with E-state index in [2.05, 4.69) is 10.2 Å². The van der Waals surface area contributed by atoms with Crippen molar-refractivity contribution in [3.63, 3.8) is 0 Å². The fourth-order valence-electron chi connectivity index (χ4n) is 2.13. The van der Waals surface area contributed by atoms with Crippen LogP contribution in [0.3, 0.4) is 0 Å². The quantitative estimate of drug-likeness (QED) is 0.915. The van der Waals surface area contributed by atoms with Gasteiger partial charge in [0.25, 0.3) is 5.91 Å². The van der Waals surface area contributed by atoms with Crippen LogP contribution in [0.1, 0.15) is 15.9 Å². The lowest BCUT2D eigenvalue weighted by molar-refractivity contribution is 0.0948. The number of carbonyl (C=O) groups is 1. The SMILES string of the molecule is Cc1cc(F)ccc1C(=O)NCCN1CCSCC1. The Labute approximate surface area is 117 Å². The lowest BCUT2D eigenvalue weighted by atomic mass is 10.1. The van der Waals surface area contributed by atoms with Crippen molar-refractivity contribution in [3.8, 4) is 0 Å². The van der Waals surface area contributed by atoms with E-state index in [4.69, 9.17) is 0 Å². The van der Waals surface area contributed by atoms with E-state index in [9.17, 15) is 9.18 Å². The van der Waals surface area contributed by atoms with Gasteiger partial charge in [-0.3, -0.25) is 9.69 Å². The van der Waals surface area contributed by atoms with Crippen molar-refractivity contribution in [2.75, 3.05) is 37.7 Å². The number of amides is 1. The third-order valence-corrected chi connectivity index (χ3v) is 4.19. The molecule has 1 aromatic rings. The fourth-order valence-corrected chi connectivity index (χ4v) is 3.11. The summed E-state index contributed by atoms with van der Waals surface area (Å²) >= 11 is 1.97. The molecule has 1 amide bonds. The van der Waals surface area contributed by atoms with E-state index in [0.717, 1.165) is 19.6 Å². The number of aryl methyl sites for hydroxylation is 1. The van der Waals surface area contributed by atoms with Gasteiger partial charge in [-0.05, 0) is 30.7 Å². The first-order valence-electron chi connectivity index (χ1n) is 6.51. The molecule has 0 bridgehead atoms. The third kappa shape index (κ3) is 4.21. The molecular formula is C14H19FN2OS. The van der Waals surface area contributed by atoms with Gasteiger partial charge in [-0.1, -0.05) is 0 Å². The molecule has 1 aliphatic rings. The molecule has 0 saturated carbocycles. The van der Waals surface area contributed by atoms with E-state index < -0.39 is 0 Å². The number of carbonyl (C=O) groups excluding carboxylic acids is 1. The lowest BCUT2D eigenvalue weighted by Crippen LogP contribution is -2.39. The van der Waals surface area contributed by atoms with Gasteiger partial charge in [0.2, 0.25) is 0 Å². The predicted molar refractivity (Wildman–Crippen MR) is 77.2 cm³/mol. The van der Waals surface area contributed by atoms with E-state index in [1.807, 2.05) is 11.8 Å². The van der Waals surface area contributed by atoms with Crippen LogP contribution in [0.5, 0.6) is 0 Å². The summed E-state index contributed by atoms with van der Waals surface area (Å²) < 4.78 is 13.0. The Balaban J connectivity index is 1.80. The molecule has 1 heterocycles. The first-order valence-corrected chi connectivity index (χ1v) is 7.67. The first kappa shape index (κ1) is 14.3. The average Bonchev–Trinajstić information content (AvgIpc) is 2.39. The van der Waals surface area contributed by atoms with Crippen LogP contribution in [0.4, 0.5) is 4.39 Å². The standard InChI is InChI=1S/C14H19FN2OS/c1-11-10-12(15)2-3-13(11)14(18)16-4-5-17-6-8-19-9-7-17/h2-3,10H,4-9H2,1H3,(H,16,18). The summed E-state index contributed by atoms with van der Waals surface area (Å²) in [6.07, 6.45) is 0. The Morgan fingerprint density at radius 1 is 1.42 bits per heavy atom. The second kappa shape index (κ2) is 6.91. The van der Waals surface area contributed by atoms with Crippen LogP contribution in [-0.2, 0) is 0 Å². The van der Waals surface area contributed by atoms with Crippen LogP contribution in [0.2, 0.25) is 0 Å². The summed E-state index contributed by atoms with van der Waals surface area (Å²) in [5.74, 6) is 1.92. The van der Waals surface area contributed by atoms with Crippen LogP contribution in [0.15, 0.2) is 18.2 Å². The monoisotopic (exact) mass is 282 g/mol. The molecule has 104 valence electrons. The topological polar surface area (TPSA) is 32.3 Å². The third-order valence-electron chi connectivity index (χ3n) is 3.25. The van der Waals surface area contributed by atoms with Crippen molar-refractivity contribution in [3.05, 3.63) is 35.1 Å². The van der Waals surface area contributed by atoms with Gasteiger partial charge in [0.1, 0.15) is 5.82 Å². The molecule has 0 radical (unpaired) electrons. The molecule has 2 rings (SSSR count). The molecule has 1 aliphatic heterocycles. The van der Waals surface area contributed by atoms with E-state index in [1.165, 1.54) is 29.7 Å². The number of thioether (sulfide) groups is 1. The number of nitrogens with one attached hydrogen (secondary N) is 1. The van der Waals surface area contributed by atoms with Crippen LogP contribution >= 0.6 is 11.8 Å². The second-order valence-corrected chi connectivity index (χ2v) is 5.89. The summed E-state index contributed by atoms with van der Waals surface area (Å²) in [4.78, 5) is 14.3. The van der Waals surface area contributed by atoms with Gasteiger partial charge in [0.05, 0.1) is 0 Å². The largest absolute Gasteiger partial charge is 0.351 e. The molecule has 1 N–H and O–H groups in total.